The Labute approximate surface area is 206 Å². The van der Waals surface area contributed by atoms with Gasteiger partial charge in [-0.25, -0.2) is 13.1 Å². The Morgan fingerprint density at radius 1 is 1.06 bits per heavy atom. The molecule has 0 unspecified atom stereocenters. The molecule has 0 aliphatic carbocycles. The average molecular weight is 473 g/mol. The standard InChI is InChI=1S/C21H20F3N3O3S.Na/c1-3-4-20(28)26-31(29,30)17-11-9-16(10-12-17)27-18(13-19(25-27)21(22,23)24)15-7-5-14(2)6-8-15;/h5-13H,3-4H2,1-2H3,(H,26,28);/q;+1/p-1. The summed E-state index contributed by atoms with van der Waals surface area (Å²) in [7, 11) is -4.20. The Morgan fingerprint density at radius 2 is 1.66 bits per heavy atom. The van der Waals surface area contributed by atoms with E-state index in [1.54, 1.807) is 31.2 Å². The van der Waals surface area contributed by atoms with Gasteiger partial charge in [-0.05, 0) is 43.7 Å². The molecule has 1 heterocycles. The second-order valence-corrected chi connectivity index (χ2v) is 8.50. The number of rotatable bonds is 6. The van der Waals surface area contributed by atoms with Crippen molar-refractivity contribution >= 4 is 15.9 Å². The van der Waals surface area contributed by atoms with Gasteiger partial charge in [0.2, 0.25) is 0 Å². The summed E-state index contributed by atoms with van der Waals surface area (Å²) in [4.78, 5) is 11.3. The van der Waals surface area contributed by atoms with E-state index in [1.807, 2.05) is 6.92 Å². The van der Waals surface area contributed by atoms with E-state index >= 15 is 0 Å². The van der Waals surface area contributed by atoms with Gasteiger partial charge in [-0.2, -0.15) is 18.3 Å². The van der Waals surface area contributed by atoms with Crippen LogP contribution in [0, 0.1) is 6.92 Å². The van der Waals surface area contributed by atoms with Crippen LogP contribution in [0.4, 0.5) is 13.2 Å². The zero-order valence-corrected chi connectivity index (χ0v) is 20.5. The van der Waals surface area contributed by atoms with E-state index in [0.717, 1.165) is 16.3 Å². The fourth-order valence-corrected chi connectivity index (χ4v) is 3.80. The minimum atomic E-state index is -4.65. The molecule has 1 aromatic heterocycles. The number of alkyl halides is 3. The number of halogens is 3. The second kappa shape index (κ2) is 10.2. The number of aryl methyl sites for hydroxylation is 1. The van der Waals surface area contributed by atoms with Crippen molar-refractivity contribution in [2.45, 2.75) is 37.8 Å². The first-order chi connectivity index (χ1) is 14.5. The largest absolute Gasteiger partial charge is 1.00 e. The maximum absolute atomic E-state index is 13.3. The quantitative estimate of drug-likeness (QED) is 0.515. The topological polar surface area (TPSA) is 83.1 Å². The van der Waals surface area contributed by atoms with Crippen LogP contribution in [0.15, 0.2) is 59.5 Å². The number of carbonyl (C=O) groups excluding carboxylic acids is 1. The van der Waals surface area contributed by atoms with E-state index in [-0.39, 0.29) is 52.3 Å². The number of amides is 1. The predicted octanol–water partition coefficient (Wildman–Crippen LogP) is 2.26. The molecule has 1 amide bonds. The van der Waals surface area contributed by atoms with Crippen LogP contribution in [-0.2, 0) is 21.0 Å². The van der Waals surface area contributed by atoms with Crippen molar-refractivity contribution in [2.24, 2.45) is 0 Å². The van der Waals surface area contributed by atoms with Crippen LogP contribution < -0.4 is 29.6 Å². The van der Waals surface area contributed by atoms with Gasteiger partial charge in [0.25, 0.3) is 0 Å². The van der Waals surface area contributed by atoms with Crippen LogP contribution in [-0.4, -0.2) is 24.1 Å². The van der Waals surface area contributed by atoms with Crippen LogP contribution in [0.1, 0.15) is 31.0 Å². The fourth-order valence-electron chi connectivity index (χ4n) is 2.85. The molecule has 32 heavy (non-hydrogen) atoms. The van der Waals surface area contributed by atoms with Gasteiger partial charge in [0.15, 0.2) is 5.69 Å². The minimum absolute atomic E-state index is 0. The van der Waals surface area contributed by atoms with Crippen LogP contribution in [0.3, 0.4) is 0 Å². The molecule has 0 atom stereocenters. The molecule has 6 nitrogen and oxygen atoms in total. The van der Waals surface area contributed by atoms with Crippen molar-refractivity contribution in [2.75, 3.05) is 0 Å². The fraction of sp³-hybridized carbons (Fsp3) is 0.238. The third-order valence-electron chi connectivity index (χ3n) is 4.41. The van der Waals surface area contributed by atoms with Crippen LogP contribution in [0.5, 0.6) is 0 Å². The zero-order valence-electron chi connectivity index (χ0n) is 17.7. The van der Waals surface area contributed by atoms with E-state index in [1.165, 1.54) is 24.3 Å². The van der Waals surface area contributed by atoms with Crippen molar-refractivity contribution in [3.05, 3.63) is 70.6 Å². The van der Waals surface area contributed by atoms with Crippen LogP contribution >= 0.6 is 0 Å². The summed E-state index contributed by atoms with van der Waals surface area (Å²) in [5.41, 5.74) is 0.822. The van der Waals surface area contributed by atoms with Gasteiger partial charge in [0.05, 0.1) is 22.2 Å². The predicted molar refractivity (Wildman–Crippen MR) is 109 cm³/mol. The van der Waals surface area contributed by atoms with Gasteiger partial charge in [-0.15, -0.1) is 0 Å². The third kappa shape index (κ3) is 6.00. The molecule has 0 fully saturated rings. The van der Waals surface area contributed by atoms with Crippen molar-refractivity contribution in [3.8, 4) is 16.9 Å². The Hall–Kier alpha value is -2.14. The monoisotopic (exact) mass is 473 g/mol. The molecule has 3 aromatic rings. The van der Waals surface area contributed by atoms with Crippen molar-refractivity contribution in [1.29, 1.82) is 0 Å². The molecule has 0 radical (unpaired) electrons. The molecule has 164 valence electrons. The Morgan fingerprint density at radius 3 is 2.19 bits per heavy atom. The minimum Gasteiger partial charge on any atom is -0.542 e. The number of carbonyl (C=O) groups is 1. The molecular weight excluding hydrogens is 454 g/mol. The number of nitrogens with zero attached hydrogens (tertiary/aromatic N) is 3. The van der Waals surface area contributed by atoms with E-state index in [9.17, 15) is 26.4 Å². The summed E-state index contributed by atoms with van der Waals surface area (Å²) in [5.74, 6) is -0.755. The number of hydrogen-bond donors (Lipinski definition) is 0. The van der Waals surface area contributed by atoms with Crippen molar-refractivity contribution in [1.82, 2.24) is 9.78 Å². The molecule has 0 aliphatic rings. The maximum atomic E-state index is 13.3. The molecule has 2 aromatic carbocycles. The molecule has 0 aliphatic heterocycles. The molecule has 0 saturated carbocycles. The second-order valence-electron chi connectivity index (χ2n) is 6.89. The molecule has 0 spiro atoms. The first-order valence-electron chi connectivity index (χ1n) is 9.37. The molecule has 3 rings (SSSR count). The summed E-state index contributed by atoms with van der Waals surface area (Å²) in [6.45, 7) is 3.58. The Kier molecular flexibility index (Phi) is 8.33. The Balaban J connectivity index is 0.00000363. The first-order valence-corrected chi connectivity index (χ1v) is 10.8. The van der Waals surface area contributed by atoms with Crippen molar-refractivity contribution in [3.63, 3.8) is 0 Å². The van der Waals surface area contributed by atoms with Gasteiger partial charge < -0.3 is 9.52 Å². The van der Waals surface area contributed by atoms with Crippen LogP contribution in [0.25, 0.3) is 21.7 Å². The van der Waals surface area contributed by atoms with E-state index in [0.29, 0.717) is 12.0 Å². The molecular formula is C21H19F3N3NaO3S. The van der Waals surface area contributed by atoms with Crippen molar-refractivity contribution < 1.29 is 55.9 Å². The summed E-state index contributed by atoms with van der Waals surface area (Å²) < 4.78 is 68.7. The SMILES string of the molecule is CCCC(=O)[N-]S(=O)(=O)c1ccc(-n2nc(C(F)(F)F)cc2-c2ccc(C)cc2)cc1.[Na+]. The first kappa shape index (κ1) is 26.1. The smallest absolute Gasteiger partial charge is 0.542 e. The summed E-state index contributed by atoms with van der Waals surface area (Å²) in [6.07, 6.45) is -4.18. The molecule has 0 bridgehead atoms. The van der Waals surface area contributed by atoms with Gasteiger partial charge in [0, 0.05) is 5.56 Å². The molecule has 0 N–H and O–H groups in total. The van der Waals surface area contributed by atoms with E-state index in [2.05, 4.69) is 9.82 Å². The zero-order chi connectivity index (χ0) is 22.8. The number of aromatic nitrogens is 2. The third-order valence-corrected chi connectivity index (χ3v) is 5.72. The normalized spacial score (nSPS) is 11.7. The maximum Gasteiger partial charge on any atom is 1.00 e. The van der Waals surface area contributed by atoms with Gasteiger partial charge in [0.1, 0.15) is 10.0 Å². The van der Waals surface area contributed by atoms with Gasteiger partial charge in [-0.1, -0.05) is 43.2 Å². The van der Waals surface area contributed by atoms with Crippen LogP contribution in [0.2, 0.25) is 0 Å². The Bertz CT molecular complexity index is 1190. The summed E-state index contributed by atoms with van der Waals surface area (Å²) in [6, 6.07) is 12.8. The number of hydrogen-bond acceptors (Lipinski definition) is 4. The van der Waals surface area contributed by atoms with E-state index < -0.39 is 27.8 Å². The number of sulfonamides is 1. The number of benzene rings is 2. The summed E-state index contributed by atoms with van der Waals surface area (Å²) >= 11 is 0. The van der Waals surface area contributed by atoms with E-state index in [4.69, 9.17) is 0 Å². The van der Waals surface area contributed by atoms with Gasteiger partial charge >= 0.3 is 35.7 Å². The van der Waals surface area contributed by atoms with Gasteiger partial charge in [-0.3, -0.25) is 0 Å². The molecule has 11 heteroatoms. The average Bonchev–Trinajstić information content (AvgIpc) is 3.14. The molecule has 0 saturated heterocycles. The summed E-state index contributed by atoms with van der Waals surface area (Å²) in [5, 5.41) is 3.68.